The topological polar surface area (TPSA) is 55.9 Å². The van der Waals surface area contributed by atoms with Crippen molar-refractivity contribution in [1.82, 2.24) is 20.0 Å². The predicted octanol–water partition coefficient (Wildman–Crippen LogP) is 2.48. The molecule has 6 nitrogen and oxygen atoms in total. The average molecular weight is 399 g/mol. The number of hydrogen-bond acceptors (Lipinski definition) is 3. The highest BCUT2D eigenvalue weighted by Gasteiger charge is 2.39. The molecule has 4 rings (SSSR count). The molecule has 1 saturated carbocycles. The molecule has 3 aliphatic rings. The maximum Gasteiger partial charge on any atom is 0.317 e. The maximum atomic E-state index is 13.7. The third-order valence-electron chi connectivity index (χ3n) is 6.86. The van der Waals surface area contributed by atoms with E-state index >= 15 is 0 Å². The van der Waals surface area contributed by atoms with Crippen molar-refractivity contribution in [3.8, 4) is 0 Å². The largest absolute Gasteiger partial charge is 0.338 e. The summed E-state index contributed by atoms with van der Waals surface area (Å²) < 4.78 is 0. The monoisotopic (exact) mass is 398 g/mol. The number of carbonyl (C=O) groups excluding carboxylic acids is 2. The molecule has 0 spiro atoms. The number of nitrogens with one attached hydrogen (secondary N) is 1. The van der Waals surface area contributed by atoms with Gasteiger partial charge in [0.05, 0.1) is 6.04 Å². The fourth-order valence-electron chi connectivity index (χ4n) is 5.27. The Hall–Kier alpha value is -2.08. The number of rotatable bonds is 4. The molecule has 0 radical (unpaired) electrons. The molecule has 158 valence electrons. The average Bonchev–Trinajstić information content (AvgIpc) is 3.28. The number of benzene rings is 1. The van der Waals surface area contributed by atoms with Crippen LogP contribution in [0.2, 0.25) is 0 Å². The number of urea groups is 1. The first-order valence-corrected chi connectivity index (χ1v) is 11.3. The van der Waals surface area contributed by atoms with Gasteiger partial charge >= 0.3 is 6.03 Å². The number of carbonyl (C=O) groups is 2. The summed E-state index contributed by atoms with van der Waals surface area (Å²) >= 11 is 0. The van der Waals surface area contributed by atoms with E-state index in [4.69, 9.17) is 0 Å². The molecule has 2 aliphatic heterocycles. The van der Waals surface area contributed by atoms with E-state index in [1.807, 2.05) is 11.8 Å². The Morgan fingerprint density at radius 2 is 1.69 bits per heavy atom. The molecule has 1 aliphatic carbocycles. The van der Waals surface area contributed by atoms with E-state index in [0.29, 0.717) is 31.5 Å². The van der Waals surface area contributed by atoms with Crippen LogP contribution in [0, 0.1) is 5.92 Å². The Morgan fingerprint density at radius 3 is 2.38 bits per heavy atom. The Bertz CT molecular complexity index is 723. The van der Waals surface area contributed by atoms with Crippen LogP contribution in [-0.2, 0) is 17.8 Å². The minimum absolute atomic E-state index is 0.0172. The first-order chi connectivity index (χ1) is 14.2. The highest BCUT2D eigenvalue weighted by atomic mass is 16.2. The zero-order valence-electron chi connectivity index (χ0n) is 17.6. The molecule has 0 aromatic heterocycles. The Labute approximate surface area is 174 Å². The van der Waals surface area contributed by atoms with Gasteiger partial charge in [0, 0.05) is 45.8 Å². The van der Waals surface area contributed by atoms with E-state index in [-0.39, 0.29) is 12.1 Å². The lowest BCUT2D eigenvalue weighted by molar-refractivity contribution is -0.141. The van der Waals surface area contributed by atoms with Crippen molar-refractivity contribution in [2.24, 2.45) is 5.92 Å². The molecule has 29 heavy (non-hydrogen) atoms. The molecule has 1 aromatic carbocycles. The molecule has 3 amide bonds. The standard InChI is InChI=1S/C23H34N4O2/c1-2-24-23(29)26-15-13-25(14-16-26)21(19-8-4-5-9-19)22(28)27-12-11-18-7-3-6-10-20(18)17-27/h3,6-7,10,19,21H,2,4-5,8-9,11-17H2,1H3,(H,24,29). The van der Waals surface area contributed by atoms with E-state index in [2.05, 4.69) is 39.4 Å². The quantitative estimate of drug-likeness (QED) is 0.848. The van der Waals surface area contributed by atoms with Crippen LogP contribution in [-0.4, -0.2) is 71.9 Å². The maximum absolute atomic E-state index is 13.7. The van der Waals surface area contributed by atoms with Crippen molar-refractivity contribution in [1.29, 1.82) is 0 Å². The minimum Gasteiger partial charge on any atom is -0.338 e. The fraction of sp³-hybridized carbons (Fsp3) is 0.652. The lowest BCUT2D eigenvalue weighted by Crippen LogP contribution is -2.59. The molecule has 1 unspecified atom stereocenters. The summed E-state index contributed by atoms with van der Waals surface area (Å²) in [5.41, 5.74) is 2.67. The van der Waals surface area contributed by atoms with Gasteiger partial charge in [0.15, 0.2) is 0 Å². The van der Waals surface area contributed by atoms with Crippen molar-refractivity contribution in [2.45, 2.75) is 51.6 Å². The van der Waals surface area contributed by atoms with E-state index in [1.54, 1.807) is 0 Å². The highest BCUT2D eigenvalue weighted by molar-refractivity contribution is 5.82. The summed E-state index contributed by atoms with van der Waals surface area (Å²) in [6, 6.07) is 8.49. The summed E-state index contributed by atoms with van der Waals surface area (Å²) in [4.78, 5) is 32.2. The highest BCUT2D eigenvalue weighted by Crippen LogP contribution is 2.33. The summed E-state index contributed by atoms with van der Waals surface area (Å²) in [6.45, 7) is 7.12. The Balaban J connectivity index is 1.45. The SMILES string of the molecule is CCNC(=O)N1CCN(C(C(=O)N2CCc3ccccc3C2)C2CCCC2)CC1. The van der Waals surface area contributed by atoms with Gasteiger partial charge in [-0.2, -0.15) is 0 Å². The molecule has 1 aromatic rings. The van der Waals surface area contributed by atoms with E-state index in [0.717, 1.165) is 45.4 Å². The van der Waals surface area contributed by atoms with Crippen molar-refractivity contribution in [3.05, 3.63) is 35.4 Å². The first kappa shape index (κ1) is 20.2. The summed E-state index contributed by atoms with van der Waals surface area (Å²) in [6.07, 6.45) is 5.71. The Kier molecular flexibility index (Phi) is 6.38. The van der Waals surface area contributed by atoms with Crippen LogP contribution in [0.3, 0.4) is 0 Å². The van der Waals surface area contributed by atoms with Crippen LogP contribution in [0.1, 0.15) is 43.7 Å². The second kappa shape index (κ2) is 9.16. The van der Waals surface area contributed by atoms with Gasteiger partial charge in [-0.1, -0.05) is 37.1 Å². The second-order valence-electron chi connectivity index (χ2n) is 8.63. The van der Waals surface area contributed by atoms with Crippen molar-refractivity contribution in [3.63, 3.8) is 0 Å². The number of piperazine rings is 1. The first-order valence-electron chi connectivity index (χ1n) is 11.3. The van der Waals surface area contributed by atoms with Crippen LogP contribution in [0.4, 0.5) is 4.79 Å². The van der Waals surface area contributed by atoms with Gasteiger partial charge in [-0.15, -0.1) is 0 Å². The lowest BCUT2D eigenvalue weighted by atomic mass is 9.92. The molecule has 2 fully saturated rings. The van der Waals surface area contributed by atoms with Crippen LogP contribution in [0.25, 0.3) is 0 Å². The fourth-order valence-corrected chi connectivity index (χ4v) is 5.27. The predicted molar refractivity (Wildman–Crippen MR) is 114 cm³/mol. The van der Waals surface area contributed by atoms with E-state index in [1.165, 1.54) is 24.0 Å². The van der Waals surface area contributed by atoms with Gasteiger partial charge in [-0.3, -0.25) is 9.69 Å². The van der Waals surface area contributed by atoms with Crippen LogP contribution in [0.15, 0.2) is 24.3 Å². The van der Waals surface area contributed by atoms with Crippen LogP contribution < -0.4 is 5.32 Å². The van der Waals surface area contributed by atoms with E-state index in [9.17, 15) is 9.59 Å². The number of amides is 3. The molecule has 2 heterocycles. The number of hydrogen-bond donors (Lipinski definition) is 1. The number of fused-ring (bicyclic) bond motifs is 1. The van der Waals surface area contributed by atoms with Gasteiger partial charge in [0.2, 0.25) is 5.91 Å². The van der Waals surface area contributed by atoms with Gasteiger partial charge in [-0.05, 0) is 43.2 Å². The molecule has 0 bridgehead atoms. The van der Waals surface area contributed by atoms with Gasteiger partial charge < -0.3 is 15.1 Å². The lowest BCUT2D eigenvalue weighted by Gasteiger charge is -2.43. The van der Waals surface area contributed by atoms with Crippen molar-refractivity contribution in [2.75, 3.05) is 39.3 Å². The van der Waals surface area contributed by atoms with E-state index < -0.39 is 0 Å². The molecular formula is C23H34N4O2. The van der Waals surface area contributed by atoms with Crippen molar-refractivity contribution < 1.29 is 9.59 Å². The second-order valence-corrected chi connectivity index (χ2v) is 8.63. The van der Waals surface area contributed by atoms with Crippen molar-refractivity contribution >= 4 is 11.9 Å². The van der Waals surface area contributed by atoms with Crippen LogP contribution >= 0.6 is 0 Å². The third-order valence-corrected chi connectivity index (χ3v) is 6.86. The van der Waals surface area contributed by atoms with Gasteiger partial charge in [-0.25, -0.2) is 4.79 Å². The smallest absolute Gasteiger partial charge is 0.317 e. The zero-order valence-corrected chi connectivity index (χ0v) is 17.6. The van der Waals surface area contributed by atoms with Crippen LogP contribution in [0.5, 0.6) is 0 Å². The summed E-state index contributed by atoms with van der Waals surface area (Å²) in [7, 11) is 0. The van der Waals surface area contributed by atoms with Gasteiger partial charge in [0.25, 0.3) is 0 Å². The molecule has 1 atom stereocenters. The van der Waals surface area contributed by atoms with Gasteiger partial charge in [0.1, 0.15) is 0 Å². The molecule has 1 saturated heterocycles. The zero-order chi connectivity index (χ0) is 20.2. The number of nitrogens with zero attached hydrogens (tertiary/aromatic N) is 3. The molecular weight excluding hydrogens is 364 g/mol. The molecule has 1 N–H and O–H groups in total. The normalized spacial score (nSPS) is 21.7. The Morgan fingerprint density at radius 1 is 1.00 bits per heavy atom. The summed E-state index contributed by atoms with van der Waals surface area (Å²) in [5.74, 6) is 0.758. The summed E-state index contributed by atoms with van der Waals surface area (Å²) in [5, 5.41) is 2.89. The third kappa shape index (κ3) is 4.42. The molecule has 6 heteroatoms. The minimum atomic E-state index is -0.0286.